The summed E-state index contributed by atoms with van der Waals surface area (Å²) in [6.45, 7) is 1.27. The number of aromatic hydroxyl groups is 1. The molecule has 0 saturated carbocycles. The van der Waals surface area contributed by atoms with Crippen LogP contribution in [-0.2, 0) is 11.0 Å². The molecule has 0 aliphatic heterocycles. The first-order chi connectivity index (χ1) is 11.3. The van der Waals surface area contributed by atoms with Crippen molar-refractivity contribution in [2.45, 2.75) is 19.3 Å². The zero-order chi connectivity index (χ0) is 19.2. The molecule has 1 aromatic heterocycles. The van der Waals surface area contributed by atoms with Crippen LogP contribution in [-0.4, -0.2) is 32.0 Å². The summed E-state index contributed by atoms with van der Waals surface area (Å²) in [5.41, 5.74) is -0.832. The predicted molar refractivity (Wildman–Crippen MR) is 67.4 cm³/mol. The molecular formula is C12H7F7N4O2. The van der Waals surface area contributed by atoms with Crippen LogP contribution in [0.25, 0.3) is 5.69 Å². The molecule has 1 heterocycles. The van der Waals surface area contributed by atoms with E-state index in [0.29, 0.717) is 6.07 Å². The van der Waals surface area contributed by atoms with Crippen molar-refractivity contribution in [2.24, 2.45) is 0 Å². The lowest BCUT2D eigenvalue weighted by atomic mass is 10.2. The number of carbonyl (C=O) groups is 1. The molecular weight excluding hydrogens is 365 g/mol. The molecule has 25 heavy (non-hydrogen) atoms. The lowest BCUT2D eigenvalue weighted by Crippen LogP contribution is -2.31. The highest BCUT2D eigenvalue weighted by Crippen LogP contribution is 2.31. The average molecular weight is 372 g/mol. The maximum atomic E-state index is 14.0. The maximum Gasteiger partial charge on any atom is 0.471 e. The van der Waals surface area contributed by atoms with Gasteiger partial charge in [-0.25, -0.2) is 4.39 Å². The van der Waals surface area contributed by atoms with Crippen LogP contribution < -0.4 is 5.32 Å². The number of aryl methyl sites for hydroxylation is 1. The smallest absolute Gasteiger partial charge is 0.471 e. The van der Waals surface area contributed by atoms with Crippen LogP contribution in [0.3, 0.4) is 0 Å². The van der Waals surface area contributed by atoms with Gasteiger partial charge in [0, 0.05) is 6.07 Å². The van der Waals surface area contributed by atoms with E-state index >= 15 is 0 Å². The second-order valence-corrected chi connectivity index (χ2v) is 4.71. The van der Waals surface area contributed by atoms with Crippen LogP contribution in [0, 0.1) is 12.7 Å². The third kappa shape index (κ3) is 3.80. The summed E-state index contributed by atoms with van der Waals surface area (Å²) in [4.78, 5) is 13.7. The zero-order valence-electron chi connectivity index (χ0n) is 12.0. The van der Waals surface area contributed by atoms with Gasteiger partial charge in [-0.05, 0) is 18.6 Å². The summed E-state index contributed by atoms with van der Waals surface area (Å²) in [5.74, 6) is -7.64. The molecule has 6 nitrogen and oxygen atoms in total. The first-order valence-electron chi connectivity index (χ1n) is 6.22. The molecule has 0 aliphatic rings. The number of phenolic OH excluding ortho intramolecular Hbond substituents is 1. The molecule has 0 aliphatic carbocycles. The van der Waals surface area contributed by atoms with E-state index in [2.05, 4.69) is 10.1 Å². The maximum absolute atomic E-state index is 14.0. The van der Waals surface area contributed by atoms with Gasteiger partial charge in [-0.3, -0.25) is 10.1 Å². The molecule has 0 unspecified atom stereocenters. The van der Waals surface area contributed by atoms with Gasteiger partial charge in [0.05, 0.1) is 0 Å². The van der Waals surface area contributed by atoms with Crippen LogP contribution in [0.15, 0.2) is 12.1 Å². The van der Waals surface area contributed by atoms with Crippen molar-refractivity contribution in [1.82, 2.24) is 14.8 Å². The van der Waals surface area contributed by atoms with E-state index < -0.39 is 47.3 Å². The first kappa shape index (κ1) is 18.5. The molecule has 2 aromatic rings. The number of rotatable bonds is 2. The van der Waals surface area contributed by atoms with Crippen molar-refractivity contribution in [3.8, 4) is 11.4 Å². The number of nitrogens with one attached hydrogen (secondary N) is 1. The Morgan fingerprint density at radius 2 is 1.80 bits per heavy atom. The number of hydrogen-bond acceptors (Lipinski definition) is 4. The Morgan fingerprint density at radius 3 is 2.32 bits per heavy atom. The highest BCUT2D eigenvalue weighted by Gasteiger charge is 2.42. The molecule has 2 N–H and O–H groups in total. The molecule has 13 heteroatoms. The quantitative estimate of drug-likeness (QED) is 0.795. The number of phenols is 1. The van der Waals surface area contributed by atoms with Crippen LogP contribution in [0.4, 0.5) is 36.7 Å². The van der Waals surface area contributed by atoms with Crippen molar-refractivity contribution < 1.29 is 40.6 Å². The van der Waals surface area contributed by atoms with E-state index in [4.69, 9.17) is 0 Å². The highest BCUT2D eigenvalue weighted by atomic mass is 19.4. The Balaban J connectivity index is 2.62. The van der Waals surface area contributed by atoms with Gasteiger partial charge >= 0.3 is 18.3 Å². The van der Waals surface area contributed by atoms with Crippen molar-refractivity contribution >= 4 is 11.9 Å². The van der Waals surface area contributed by atoms with Crippen LogP contribution in [0.1, 0.15) is 11.4 Å². The largest absolute Gasteiger partial charge is 0.508 e. The summed E-state index contributed by atoms with van der Waals surface area (Å²) in [6, 6.07) is 1.34. The molecule has 0 spiro atoms. The minimum atomic E-state index is -5.43. The Hall–Kier alpha value is -2.86. The number of alkyl halides is 6. The molecule has 0 radical (unpaired) electrons. The standard InChI is InChI=1S/C12H7F7N4O2/c1-4-2-5(13)6(3-7(4)24)23-10(21-9(25)12(17,18)19)20-8(22-23)11(14,15)16/h2-3,24H,1H3,(H,20,21,22,25). The normalized spacial score (nSPS) is 12.3. The van der Waals surface area contributed by atoms with Gasteiger partial charge in [0.15, 0.2) is 0 Å². The Morgan fingerprint density at radius 1 is 1.20 bits per heavy atom. The topological polar surface area (TPSA) is 80.0 Å². The fraction of sp³-hybridized carbons (Fsp3) is 0.250. The second kappa shape index (κ2) is 5.89. The molecule has 0 bridgehead atoms. The van der Waals surface area contributed by atoms with Gasteiger partial charge in [-0.2, -0.15) is 36.0 Å². The van der Waals surface area contributed by atoms with Gasteiger partial charge in [-0.1, -0.05) is 0 Å². The molecule has 0 atom stereocenters. The fourth-order valence-corrected chi connectivity index (χ4v) is 1.67. The molecule has 1 amide bonds. The van der Waals surface area contributed by atoms with Crippen molar-refractivity contribution in [2.75, 3.05) is 5.32 Å². The molecule has 2 rings (SSSR count). The molecule has 1 aromatic carbocycles. The van der Waals surface area contributed by atoms with E-state index in [0.717, 1.165) is 11.4 Å². The van der Waals surface area contributed by atoms with Gasteiger partial charge in [0.2, 0.25) is 5.95 Å². The summed E-state index contributed by atoms with van der Waals surface area (Å²) in [5, 5.41) is 13.5. The summed E-state index contributed by atoms with van der Waals surface area (Å²) < 4.78 is 88.9. The predicted octanol–water partition coefficient (Wildman–Crippen LogP) is 2.94. The van der Waals surface area contributed by atoms with E-state index in [1.807, 2.05) is 0 Å². The number of halogens is 7. The minimum Gasteiger partial charge on any atom is -0.508 e. The number of hydrogen-bond donors (Lipinski definition) is 2. The van der Waals surface area contributed by atoms with E-state index in [-0.39, 0.29) is 10.2 Å². The lowest BCUT2D eigenvalue weighted by Gasteiger charge is -2.10. The minimum absolute atomic E-state index is 0.000949. The first-order valence-corrected chi connectivity index (χ1v) is 6.22. The fourth-order valence-electron chi connectivity index (χ4n) is 1.67. The number of amides is 1. The summed E-state index contributed by atoms with van der Waals surface area (Å²) in [7, 11) is 0. The number of anilines is 1. The third-order valence-corrected chi connectivity index (χ3v) is 2.84. The SMILES string of the molecule is Cc1cc(F)c(-n2nc(C(F)(F)F)nc2NC(=O)C(F)(F)F)cc1O. The Labute approximate surface area is 133 Å². The van der Waals surface area contributed by atoms with Crippen LogP contribution in [0.5, 0.6) is 5.75 Å². The average Bonchev–Trinajstić information content (AvgIpc) is 2.85. The van der Waals surface area contributed by atoms with Gasteiger partial charge in [0.1, 0.15) is 17.3 Å². The monoisotopic (exact) mass is 372 g/mol. The molecule has 0 fully saturated rings. The van der Waals surface area contributed by atoms with Gasteiger partial charge in [-0.15, -0.1) is 5.10 Å². The molecule has 136 valence electrons. The van der Waals surface area contributed by atoms with Crippen molar-refractivity contribution in [3.63, 3.8) is 0 Å². The number of aromatic nitrogens is 3. The Kier molecular flexibility index (Phi) is 4.36. The van der Waals surface area contributed by atoms with E-state index in [1.54, 1.807) is 0 Å². The van der Waals surface area contributed by atoms with Crippen molar-refractivity contribution in [3.05, 3.63) is 29.3 Å². The number of benzene rings is 1. The lowest BCUT2D eigenvalue weighted by molar-refractivity contribution is -0.167. The Bertz CT molecular complexity index is 826. The second-order valence-electron chi connectivity index (χ2n) is 4.71. The van der Waals surface area contributed by atoms with Crippen molar-refractivity contribution in [1.29, 1.82) is 0 Å². The van der Waals surface area contributed by atoms with E-state index in [1.165, 1.54) is 6.92 Å². The zero-order valence-corrected chi connectivity index (χ0v) is 12.0. The highest BCUT2D eigenvalue weighted by molar-refractivity contribution is 5.93. The van der Waals surface area contributed by atoms with Gasteiger partial charge < -0.3 is 5.11 Å². The molecule has 0 saturated heterocycles. The number of nitrogens with zero attached hydrogens (tertiary/aromatic N) is 3. The van der Waals surface area contributed by atoms with Crippen LogP contribution >= 0.6 is 0 Å². The van der Waals surface area contributed by atoms with Crippen LogP contribution in [0.2, 0.25) is 0 Å². The summed E-state index contributed by atoms with van der Waals surface area (Å²) >= 11 is 0. The van der Waals surface area contributed by atoms with Gasteiger partial charge in [0.25, 0.3) is 5.82 Å². The van der Waals surface area contributed by atoms with E-state index in [9.17, 15) is 40.6 Å². The summed E-state index contributed by atoms with van der Waals surface area (Å²) in [6.07, 6.45) is -10.6. The number of carbonyl (C=O) groups excluding carboxylic acids is 1. The third-order valence-electron chi connectivity index (χ3n) is 2.84.